The molecule has 0 amide bonds. The zero-order valence-corrected chi connectivity index (χ0v) is 21.6. The summed E-state index contributed by atoms with van der Waals surface area (Å²) in [4.78, 5) is 8.74. The van der Waals surface area contributed by atoms with Gasteiger partial charge in [0, 0.05) is 24.0 Å². The summed E-state index contributed by atoms with van der Waals surface area (Å²) in [5, 5.41) is 19.1. The Morgan fingerprint density at radius 2 is 2.00 bits per heavy atom. The van der Waals surface area contributed by atoms with E-state index in [2.05, 4.69) is 47.0 Å². The van der Waals surface area contributed by atoms with E-state index in [1.807, 2.05) is 37.3 Å². The molecule has 7 heteroatoms. The van der Waals surface area contributed by atoms with Crippen molar-refractivity contribution in [2.24, 2.45) is 10.9 Å². The van der Waals surface area contributed by atoms with Crippen molar-refractivity contribution in [2.75, 3.05) is 26.7 Å². The van der Waals surface area contributed by atoms with Gasteiger partial charge in [-0.3, -0.25) is 4.90 Å². The lowest BCUT2D eigenvalue weighted by atomic mass is 9.88. The van der Waals surface area contributed by atoms with Crippen molar-refractivity contribution in [3.8, 4) is 5.75 Å². The minimum Gasteiger partial charge on any atom is -0.507 e. The molecule has 2 atom stereocenters. The molecule has 0 saturated carbocycles. The first-order chi connectivity index (χ1) is 14.0. The molecule has 30 heavy (non-hydrogen) atoms. The summed E-state index contributed by atoms with van der Waals surface area (Å²) in [6, 6.07) is 8.91. The van der Waals surface area contributed by atoms with Gasteiger partial charge in [-0.2, -0.15) is 0 Å². The van der Waals surface area contributed by atoms with Crippen LogP contribution in [0.1, 0.15) is 47.4 Å². The quantitative estimate of drug-likeness (QED) is 0.278. The van der Waals surface area contributed by atoms with Gasteiger partial charge in [-0.15, -0.1) is 35.3 Å². The number of aliphatic imine (C=N–C) groups is 1. The number of phenolic OH excluding ortho intramolecular Hbond substituents is 1. The topological polar surface area (TPSA) is 59.9 Å². The fourth-order valence-corrected chi connectivity index (χ4v) is 5.24. The van der Waals surface area contributed by atoms with Crippen LogP contribution in [0.4, 0.5) is 0 Å². The van der Waals surface area contributed by atoms with Crippen LogP contribution in [0.3, 0.4) is 0 Å². The Morgan fingerprint density at radius 1 is 1.27 bits per heavy atom. The summed E-state index contributed by atoms with van der Waals surface area (Å²) in [5.41, 5.74) is 2.92. The number of likely N-dealkylation sites (tertiary alicyclic amines) is 1. The Kier molecular flexibility index (Phi) is 9.90. The molecule has 0 radical (unpaired) electrons. The second kappa shape index (κ2) is 11.9. The first-order valence-electron chi connectivity index (χ1n) is 10.5. The third kappa shape index (κ3) is 6.34. The number of piperidine rings is 1. The normalized spacial score (nSPS) is 19.9. The molecule has 3 N–H and O–H groups in total. The van der Waals surface area contributed by atoms with Crippen molar-refractivity contribution < 1.29 is 5.11 Å². The van der Waals surface area contributed by atoms with E-state index in [1.165, 1.54) is 17.7 Å². The van der Waals surface area contributed by atoms with Crippen molar-refractivity contribution in [1.29, 1.82) is 0 Å². The second-order valence-electron chi connectivity index (χ2n) is 8.00. The number of nitrogens with one attached hydrogen (secondary N) is 2. The highest BCUT2D eigenvalue weighted by Crippen LogP contribution is 2.36. The van der Waals surface area contributed by atoms with E-state index in [1.54, 1.807) is 0 Å². The molecule has 0 spiro atoms. The molecular formula is C23H35IN4OS. The summed E-state index contributed by atoms with van der Waals surface area (Å²) in [7, 11) is 2.24. The van der Waals surface area contributed by atoms with Crippen LogP contribution >= 0.6 is 35.3 Å². The lowest BCUT2D eigenvalue weighted by Crippen LogP contribution is -2.44. The number of phenols is 1. The van der Waals surface area contributed by atoms with Crippen LogP contribution in [0.15, 0.2) is 34.6 Å². The van der Waals surface area contributed by atoms with Crippen molar-refractivity contribution in [3.05, 3.63) is 51.2 Å². The fraction of sp³-hybridized carbons (Fsp3) is 0.522. The molecule has 2 heterocycles. The maximum Gasteiger partial charge on any atom is 0.191 e. The van der Waals surface area contributed by atoms with E-state index in [9.17, 15) is 5.11 Å². The van der Waals surface area contributed by atoms with Crippen molar-refractivity contribution in [1.82, 2.24) is 15.5 Å². The molecule has 0 aliphatic carbocycles. The van der Waals surface area contributed by atoms with E-state index < -0.39 is 0 Å². The summed E-state index contributed by atoms with van der Waals surface area (Å²) < 4.78 is 0. The van der Waals surface area contributed by atoms with Gasteiger partial charge in [0.1, 0.15) is 5.75 Å². The summed E-state index contributed by atoms with van der Waals surface area (Å²) in [5.74, 6) is 1.80. The monoisotopic (exact) mass is 542 g/mol. The third-order valence-corrected chi connectivity index (χ3v) is 6.63. The van der Waals surface area contributed by atoms with E-state index in [0.717, 1.165) is 42.3 Å². The number of guanidine groups is 1. The van der Waals surface area contributed by atoms with Crippen LogP contribution in [0.2, 0.25) is 0 Å². The summed E-state index contributed by atoms with van der Waals surface area (Å²) in [6.45, 7) is 9.45. The predicted octanol–water partition coefficient (Wildman–Crippen LogP) is 4.83. The number of aryl methyl sites for hydroxylation is 2. The maximum absolute atomic E-state index is 9.98. The smallest absolute Gasteiger partial charge is 0.191 e. The zero-order valence-electron chi connectivity index (χ0n) is 18.4. The Hall–Kier alpha value is -1.32. The maximum atomic E-state index is 9.98. The fourth-order valence-electron chi connectivity index (χ4n) is 4.26. The number of hydrogen-bond donors (Lipinski definition) is 3. The van der Waals surface area contributed by atoms with Gasteiger partial charge in [0.15, 0.2) is 5.96 Å². The first kappa shape index (κ1) is 24.9. The average Bonchev–Trinajstić information content (AvgIpc) is 3.22. The minimum atomic E-state index is 0. The molecule has 2 aromatic rings. The highest BCUT2D eigenvalue weighted by atomic mass is 127. The molecular weight excluding hydrogens is 507 g/mol. The van der Waals surface area contributed by atoms with Gasteiger partial charge >= 0.3 is 0 Å². The molecule has 1 aliphatic heterocycles. The van der Waals surface area contributed by atoms with E-state index in [-0.39, 0.29) is 24.0 Å². The Morgan fingerprint density at radius 3 is 2.63 bits per heavy atom. The molecule has 3 rings (SSSR count). The number of rotatable bonds is 6. The summed E-state index contributed by atoms with van der Waals surface area (Å²) >= 11 is 1.86. The molecule has 1 fully saturated rings. The van der Waals surface area contributed by atoms with Gasteiger partial charge in [-0.05, 0) is 81.3 Å². The van der Waals surface area contributed by atoms with Crippen molar-refractivity contribution >= 4 is 41.3 Å². The Balaban J connectivity index is 0.00000320. The number of hydrogen-bond acceptors (Lipinski definition) is 4. The van der Waals surface area contributed by atoms with Crippen molar-refractivity contribution in [2.45, 2.75) is 46.2 Å². The predicted molar refractivity (Wildman–Crippen MR) is 138 cm³/mol. The Labute approximate surface area is 202 Å². The molecule has 166 valence electrons. The molecule has 1 aromatic carbocycles. The SMILES string of the molecule is CCNC(=NCc1cc(C)c(O)c(C)c1)NCC1CCCN(C)C1c1cccs1.I. The number of halogens is 1. The van der Waals surface area contributed by atoms with Crippen LogP contribution in [0.25, 0.3) is 0 Å². The van der Waals surface area contributed by atoms with Gasteiger partial charge in [-0.25, -0.2) is 4.99 Å². The standard InChI is InChI=1S/C23H34N4OS.HI/c1-5-24-23(25-14-18-12-16(2)22(28)17(3)13-18)26-15-19-8-6-10-27(4)21(19)20-9-7-11-29-20;/h7,9,11-13,19,21,28H,5-6,8,10,14-15H2,1-4H3,(H2,24,25,26);1H. The number of thiophene rings is 1. The van der Waals surface area contributed by atoms with Gasteiger partial charge in [0.05, 0.1) is 6.54 Å². The third-order valence-electron chi connectivity index (χ3n) is 5.69. The van der Waals surface area contributed by atoms with Crippen LogP contribution in [0, 0.1) is 19.8 Å². The van der Waals surface area contributed by atoms with Crippen molar-refractivity contribution in [3.63, 3.8) is 0 Å². The number of benzene rings is 1. The van der Waals surface area contributed by atoms with Crippen LogP contribution < -0.4 is 10.6 Å². The highest BCUT2D eigenvalue weighted by Gasteiger charge is 2.31. The van der Waals surface area contributed by atoms with Crippen LogP contribution in [-0.2, 0) is 6.54 Å². The number of nitrogens with zero attached hydrogens (tertiary/aromatic N) is 2. The Bertz CT molecular complexity index is 802. The van der Waals surface area contributed by atoms with Crippen LogP contribution in [0.5, 0.6) is 5.75 Å². The molecule has 1 saturated heterocycles. The van der Waals surface area contributed by atoms with E-state index in [0.29, 0.717) is 24.3 Å². The van der Waals surface area contributed by atoms with E-state index >= 15 is 0 Å². The lowest BCUT2D eigenvalue weighted by molar-refractivity contribution is 0.125. The van der Waals surface area contributed by atoms with Gasteiger partial charge < -0.3 is 15.7 Å². The average molecular weight is 543 g/mol. The molecule has 5 nitrogen and oxygen atoms in total. The molecule has 1 aromatic heterocycles. The first-order valence-corrected chi connectivity index (χ1v) is 11.4. The summed E-state index contributed by atoms with van der Waals surface area (Å²) in [6.07, 6.45) is 2.47. The molecule has 2 unspecified atom stereocenters. The number of aromatic hydroxyl groups is 1. The minimum absolute atomic E-state index is 0. The largest absolute Gasteiger partial charge is 0.507 e. The van der Waals surface area contributed by atoms with Gasteiger partial charge in [0.25, 0.3) is 0 Å². The zero-order chi connectivity index (χ0) is 20.8. The van der Waals surface area contributed by atoms with Gasteiger partial charge in [0.2, 0.25) is 0 Å². The second-order valence-corrected chi connectivity index (χ2v) is 8.98. The van der Waals surface area contributed by atoms with E-state index in [4.69, 9.17) is 4.99 Å². The highest BCUT2D eigenvalue weighted by molar-refractivity contribution is 14.0. The van der Waals surface area contributed by atoms with Crippen LogP contribution in [-0.4, -0.2) is 42.6 Å². The molecule has 1 aliphatic rings. The lowest BCUT2D eigenvalue weighted by Gasteiger charge is -2.39. The molecule has 0 bridgehead atoms. The van der Waals surface area contributed by atoms with Gasteiger partial charge in [-0.1, -0.05) is 18.2 Å².